The van der Waals surface area contributed by atoms with E-state index in [1.165, 1.54) is 11.3 Å². The van der Waals surface area contributed by atoms with Crippen LogP contribution in [0.3, 0.4) is 0 Å². The van der Waals surface area contributed by atoms with Crippen LogP contribution in [0.2, 0.25) is 0 Å². The molecule has 8 heteroatoms. The molecule has 24 heavy (non-hydrogen) atoms. The summed E-state index contributed by atoms with van der Waals surface area (Å²) < 4.78 is 6.23. The van der Waals surface area contributed by atoms with Gasteiger partial charge in [0.25, 0.3) is 0 Å². The first-order valence-electron chi connectivity index (χ1n) is 8.04. The predicted molar refractivity (Wildman–Crippen MR) is 96.8 cm³/mol. The Morgan fingerprint density at radius 2 is 2.21 bits per heavy atom. The van der Waals surface area contributed by atoms with Crippen molar-refractivity contribution in [2.45, 2.75) is 58.7 Å². The minimum atomic E-state index is -0.537. The first kappa shape index (κ1) is 19.2. The molecule has 1 aliphatic heterocycles. The summed E-state index contributed by atoms with van der Waals surface area (Å²) in [6, 6.07) is -0.184. The van der Waals surface area contributed by atoms with E-state index in [0.717, 1.165) is 22.5 Å². The van der Waals surface area contributed by atoms with Crippen molar-refractivity contribution in [3.63, 3.8) is 0 Å². The summed E-state index contributed by atoms with van der Waals surface area (Å²) >= 11 is 4.80. The molecule has 2 heterocycles. The number of ether oxygens (including phenoxy) is 1. The molecule has 134 valence electrons. The van der Waals surface area contributed by atoms with Crippen LogP contribution in [-0.2, 0) is 16.1 Å². The maximum absolute atomic E-state index is 12.5. The fraction of sp³-hybridized carbons (Fsp3) is 0.688. The lowest BCUT2D eigenvalue weighted by molar-refractivity contribution is -0.128. The van der Waals surface area contributed by atoms with E-state index in [9.17, 15) is 9.59 Å². The number of thiazole rings is 1. The van der Waals surface area contributed by atoms with E-state index in [-0.39, 0.29) is 24.0 Å². The molecule has 1 aromatic heterocycles. The highest BCUT2D eigenvalue weighted by molar-refractivity contribution is 9.10. The number of rotatable bonds is 3. The molecule has 0 bridgehead atoms. The number of carbonyl (C=O) groups is 2. The van der Waals surface area contributed by atoms with Gasteiger partial charge in [-0.05, 0) is 56.5 Å². The number of piperidine rings is 1. The number of nitrogens with one attached hydrogen (secondary N) is 1. The van der Waals surface area contributed by atoms with Gasteiger partial charge in [0.05, 0.1) is 12.5 Å². The molecule has 1 aliphatic rings. The average Bonchev–Trinajstić information content (AvgIpc) is 2.88. The molecule has 6 nitrogen and oxygen atoms in total. The van der Waals surface area contributed by atoms with Crippen molar-refractivity contribution in [3.8, 4) is 0 Å². The van der Waals surface area contributed by atoms with Crippen LogP contribution in [0.15, 0.2) is 9.98 Å². The Bertz CT molecular complexity index is 600. The minimum absolute atomic E-state index is 0.0397. The van der Waals surface area contributed by atoms with Crippen LogP contribution >= 0.6 is 27.3 Å². The van der Waals surface area contributed by atoms with E-state index < -0.39 is 5.60 Å². The summed E-state index contributed by atoms with van der Waals surface area (Å²) in [6.07, 6.45) is 1.22. The van der Waals surface area contributed by atoms with Crippen molar-refractivity contribution in [2.75, 3.05) is 6.54 Å². The van der Waals surface area contributed by atoms with Crippen LogP contribution in [0.4, 0.5) is 4.79 Å². The quantitative estimate of drug-likeness (QED) is 0.815. The number of halogens is 1. The molecule has 0 spiro atoms. The summed E-state index contributed by atoms with van der Waals surface area (Å²) in [5.74, 6) is -0.267. The van der Waals surface area contributed by atoms with E-state index >= 15 is 0 Å². The zero-order chi connectivity index (χ0) is 17.9. The Balaban J connectivity index is 1.94. The van der Waals surface area contributed by atoms with Crippen LogP contribution in [0.25, 0.3) is 0 Å². The fourth-order valence-corrected chi connectivity index (χ4v) is 3.94. The first-order chi connectivity index (χ1) is 11.2. The zero-order valence-electron chi connectivity index (χ0n) is 14.5. The van der Waals surface area contributed by atoms with Gasteiger partial charge in [-0.1, -0.05) is 0 Å². The van der Waals surface area contributed by atoms with Crippen molar-refractivity contribution in [1.82, 2.24) is 15.2 Å². The number of hydrogen-bond acceptors (Lipinski definition) is 5. The van der Waals surface area contributed by atoms with Crippen LogP contribution < -0.4 is 5.32 Å². The lowest BCUT2D eigenvalue weighted by Crippen LogP contribution is -2.52. The molecule has 0 aromatic carbocycles. The molecule has 1 saturated heterocycles. The summed E-state index contributed by atoms with van der Waals surface area (Å²) in [6.45, 7) is 8.47. The number of likely N-dealkylation sites (tertiary alicyclic amines) is 1. The molecule has 2 amide bonds. The van der Waals surface area contributed by atoms with Crippen molar-refractivity contribution >= 4 is 39.3 Å². The molecule has 0 unspecified atom stereocenters. The molecule has 0 aliphatic carbocycles. The second kappa shape index (κ2) is 7.82. The van der Waals surface area contributed by atoms with Crippen LogP contribution in [0, 0.1) is 5.92 Å². The smallest absolute Gasteiger partial charge is 0.410 e. The fourth-order valence-electron chi connectivity index (χ4n) is 2.74. The molecular formula is C16H24BrN3O3S. The number of amides is 2. The number of aromatic nitrogens is 1. The zero-order valence-corrected chi connectivity index (χ0v) is 16.9. The van der Waals surface area contributed by atoms with E-state index in [1.54, 1.807) is 4.90 Å². The average molecular weight is 418 g/mol. The van der Waals surface area contributed by atoms with Gasteiger partial charge in [0.2, 0.25) is 5.91 Å². The first-order valence-corrected chi connectivity index (χ1v) is 9.72. The second-order valence-electron chi connectivity index (χ2n) is 6.94. The van der Waals surface area contributed by atoms with E-state index in [4.69, 9.17) is 4.74 Å². The third-order valence-corrected chi connectivity index (χ3v) is 5.45. The summed E-state index contributed by atoms with van der Waals surface area (Å²) in [5, 5.41) is 5.66. The lowest BCUT2D eigenvalue weighted by atomic mass is 9.89. The van der Waals surface area contributed by atoms with Gasteiger partial charge in [-0.3, -0.25) is 4.79 Å². The highest BCUT2D eigenvalue weighted by Crippen LogP contribution is 2.26. The Labute approximate surface area is 155 Å². The SMILES string of the molecule is C[C@@H]1[C@@H](C(=O)NCc2nc(Br)cs2)CCCN1C(=O)OC(C)(C)C. The van der Waals surface area contributed by atoms with Crippen molar-refractivity contribution in [3.05, 3.63) is 15.0 Å². The Morgan fingerprint density at radius 1 is 1.50 bits per heavy atom. The molecule has 0 radical (unpaired) electrons. The third kappa shape index (κ3) is 5.17. The van der Waals surface area contributed by atoms with Gasteiger partial charge in [-0.15, -0.1) is 11.3 Å². The summed E-state index contributed by atoms with van der Waals surface area (Å²) in [4.78, 5) is 30.8. The standard InChI is InChI=1S/C16H24BrN3O3S/c1-10-11(14(21)18-8-13-19-12(17)9-24-13)6-5-7-20(10)15(22)23-16(2,3)4/h9-11H,5-8H2,1-4H3,(H,18,21)/t10-,11+/m1/s1. The van der Waals surface area contributed by atoms with Crippen LogP contribution in [0.1, 0.15) is 45.5 Å². The molecular weight excluding hydrogens is 394 g/mol. The largest absolute Gasteiger partial charge is 0.444 e. The molecule has 1 aromatic rings. The van der Waals surface area contributed by atoms with E-state index in [2.05, 4.69) is 26.2 Å². The van der Waals surface area contributed by atoms with Crippen molar-refractivity contribution < 1.29 is 14.3 Å². The van der Waals surface area contributed by atoms with Gasteiger partial charge in [-0.2, -0.15) is 0 Å². The number of hydrogen-bond donors (Lipinski definition) is 1. The maximum Gasteiger partial charge on any atom is 0.410 e. The van der Waals surface area contributed by atoms with E-state index in [0.29, 0.717) is 13.1 Å². The Hall–Kier alpha value is -1.15. The van der Waals surface area contributed by atoms with Gasteiger partial charge in [0.1, 0.15) is 15.2 Å². The summed E-state index contributed by atoms with van der Waals surface area (Å²) in [5.41, 5.74) is -0.537. The molecule has 2 rings (SSSR count). The summed E-state index contributed by atoms with van der Waals surface area (Å²) in [7, 11) is 0. The van der Waals surface area contributed by atoms with Crippen LogP contribution in [0.5, 0.6) is 0 Å². The minimum Gasteiger partial charge on any atom is -0.444 e. The van der Waals surface area contributed by atoms with Gasteiger partial charge in [0, 0.05) is 18.0 Å². The molecule has 1 fully saturated rings. The molecule has 2 atom stereocenters. The van der Waals surface area contributed by atoms with Gasteiger partial charge >= 0.3 is 6.09 Å². The van der Waals surface area contributed by atoms with Gasteiger partial charge in [-0.25, -0.2) is 9.78 Å². The Kier molecular flexibility index (Phi) is 6.25. The third-order valence-electron chi connectivity index (χ3n) is 3.89. The van der Waals surface area contributed by atoms with Crippen molar-refractivity contribution in [1.29, 1.82) is 0 Å². The predicted octanol–water partition coefficient (Wildman–Crippen LogP) is 3.56. The lowest BCUT2D eigenvalue weighted by Gasteiger charge is -2.39. The Morgan fingerprint density at radius 3 is 2.79 bits per heavy atom. The molecule has 1 N–H and O–H groups in total. The van der Waals surface area contributed by atoms with Crippen molar-refractivity contribution in [2.24, 2.45) is 5.92 Å². The number of carbonyl (C=O) groups excluding carboxylic acids is 2. The monoisotopic (exact) mass is 417 g/mol. The molecule has 0 saturated carbocycles. The van der Waals surface area contributed by atoms with Gasteiger partial charge < -0.3 is 15.0 Å². The highest BCUT2D eigenvalue weighted by Gasteiger charge is 2.37. The number of nitrogens with zero attached hydrogens (tertiary/aromatic N) is 2. The topological polar surface area (TPSA) is 71.5 Å². The maximum atomic E-state index is 12.5. The normalized spacial score (nSPS) is 21.5. The second-order valence-corrected chi connectivity index (χ2v) is 8.70. The van der Waals surface area contributed by atoms with E-state index in [1.807, 2.05) is 33.1 Å². The van der Waals surface area contributed by atoms with Gasteiger partial charge in [0.15, 0.2) is 0 Å². The highest BCUT2D eigenvalue weighted by atomic mass is 79.9. The van der Waals surface area contributed by atoms with Crippen LogP contribution in [-0.4, -0.2) is 40.1 Å².